The van der Waals surface area contributed by atoms with E-state index in [2.05, 4.69) is 168 Å². The Morgan fingerprint density at radius 2 is 0.957 bits per heavy atom. The molecule has 10 aromatic carbocycles. The van der Waals surface area contributed by atoms with Gasteiger partial charge in [0.1, 0.15) is 22.3 Å². The number of rotatable bonds is 6. The highest BCUT2D eigenvalue weighted by molar-refractivity contribution is 7.26. The number of fused-ring (bicyclic) bond motifs is 12. The molecule has 0 radical (unpaired) electrons. The molecule has 5 aromatic heterocycles. The Morgan fingerprint density at radius 1 is 0.343 bits per heavy atom. The monoisotopic (exact) mass is 912 g/mol. The van der Waals surface area contributed by atoms with Gasteiger partial charge in [-0.05, 0) is 77.9 Å². The molecule has 15 aromatic rings. The third-order valence-corrected chi connectivity index (χ3v) is 15.1. The lowest BCUT2D eigenvalue weighted by Gasteiger charge is -2.10. The van der Waals surface area contributed by atoms with E-state index < -0.39 is 0 Å². The van der Waals surface area contributed by atoms with Crippen molar-refractivity contribution in [3.8, 4) is 62.1 Å². The van der Waals surface area contributed by atoms with Crippen LogP contribution >= 0.6 is 11.3 Å². The zero-order chi connectivity index (χ0) is 45.9. The molecule has 0 atom stereocenters. The molecule has 5 heterocycles. The van der Waals surface area contributed by atoms with Gasteiger partial charge in [0.05, 0.1) is 11.0 Å². The van der Waals surface area contributed by atoms with E-state index in [1.807, 2.05) is 54.6 Å². The van der Waals surface area contributed by atoms with Crippen molar-refractivity contribution in [1.82, 2.24) is 19.5 Å². The van der Waals surface area contributed by atoms with E-state index >= 15 is 0 Å². The normalized spacial score (nSPS) is 12.0. The topological polar surface area (TPSA) is 69.9 Å². The first-order chi connectivity index (χ1) is 34.7. The van der Waals surface area contributed by atoms with Gasteiger partial charge in [-0.15, -0.1) is 11.3 Å². The SMILES string of the molecule is c1ccc(-c2nc(-c3ccc4c(c3)oc3ccccc34)nc(-c3cccc4sc5c(-c6cccc7c6oc6ccc(-c8ccc9c(c8)c8ccccc8n9-c8ccccc8)cc67)cccc5c34)n2)cc1. The van der Waals surface area contributed by atoms with Crippen molar-refractivity contribution in [1.29, 1.82) is 0 Å². The molecular weight excluding hydrogens is 877 g/mol. The van der Waals surface area contributed by atoms with Gasteiger partial charge >= 0.3 is 0 Å². The zero-order valence-corrected chi connectivity index (χ0v) is 38.1. The molecule has 0 aliphatic heterocycles. The van der Waals surface area contributed by atoms with Crippen molar-refractivity contribution in [2.45, 2.75) is 0 Å². The number of hydrogen-bond donors (Lipinski definition) is 0. The van der Waals surface area contributed by atoms with Crippen LogP contribution in [-0.4, -0.2) is 19.5 Å². The van der Waals surface area contributed by atoms with Gasteiger partial charge in [0, 0.05) is 86.0 Å². The Balaban J connectivity index is 0.858. The van der Waals surface area contributed by atoms with E-state index in [0.717, 1.165) is 104 Å². The fraction of sp³-hybridized carbons (Fsp3) is 0. The molecule has 0 aliphatic rings. The molecule has 7 heteroatoms. The lowest BCUT2D eigenvalue weighted by atomic mass is 9.98. The number of para-hydroxylation sites is 4. The number of thiophene rings is 1. The first kappa shape index (κ1) is 38.9. The van der Waals surface area contributed by atoms with E-state index in [0.29, 0.717) is 17.5 Å². The smallest absolute Gasteiger partial charge is 0.164 e. The van der Waals surface area contributed by atoms with Gasteiger partial charge in [-0.1, -0.05) is 152 Å². The van der Waals surface area contributed by atoms with E-state index in [-0.39, 0.29) is 0 Å². The van der Waals surface area contributed by atoms with E-state index in [9.17, 15) is 0 Å². The highest BCUT2D eigenvalue weighted by Crippen LogP contribution is 2.47. The van der Waals surface area contributed by atoms with Gasteiger partial charge in [-0.25, -0.2) is 15.0 Å². The molecule has 0 bridgehead atoms. The van der Waals surface area contributed by atoms with Crippen LogP contribution in [0.1, 0.15) is 0 Å². The first-order valence-corrected chi connectivity index (χ1v) is 24.2. The minimum absolute atomic E-state index is 0.583. The quantitative estimate of drug-likeness (QED) is 0.166. The lowest BCUT2D eigenvalue weighted by Crippen LogP contribution is -2.00. The number of hydrogen-bond acceptors (Lipinski definition) is 6. The first-order valence-electron chi connectivity index (χ1n) is 23.4. The minimum Gasteiger partial charge on any atom is -0.456 e. The van der Waals surface area contributed by atoms with E-state index in [4.69, 9.17) is 23.8 Å². The number of nitrogens with zero attached hydrogens (tertiary/aromatic N) is 4. The van der Waals surface area contributed by atoms with Crippen LogP contribution in [0.25, 0.3) is 148 Å². The Kier molecular flexibility index (Phi) is 8.43. The summed E-state index contributed by atoms with van der Waals surface area (Å²) in [5.41, 5.74) is 14.1. The predicted octanol–water partition coefficient (Wildman–Crippen LogP) is 17.5. The molecule has 0 N–H and O–H groups in total. The minimum atomic E-state index is 0.583. The summed E-state index contributed by atoms with van der Waals surface area (Å²) in [5, 5.41) is 9.02. The molecular formula is C63H36N4O2S. The fourth-order valence-corrected chi connectivity index (χ4v) is 11.9. The number of furan rings is 2. The van der Waals surface area contributed by atoms with Crippen LogP contribution in [0.3, 0.4) is 0 Å². The van der Waals surface area contributed by atoms with Crippen LogP contribution in [0.2, 0.25) is 0 Å². The summed E-state index contributed by atoms with van der Waals surface area (Å²) in [6, 6.07) is 76.8. The lowest BCUT2D eigenvalue weighted by molar-refractivity contribution is 0.669. The molecule has 15 rings (SSSR count). The van der Waals surface area contributed by atoms with Crippen molar-refractivity contribution in [2.24, 2.45) is 0 Å². The molecule has 326 valence electrons. The van der Waals surface area contributed by atoms with Crippen LogP contribution < -0.4 is 0 Å². The Labute approximate surface area is 404 Å². The molecule has 0 saturated carbocycles. The Bertz CT molecular complexity index is 4600. The Hall–Kier alpha value is -9.17. The van der Waals surface area contributed by atoms with E-state index in [1.165, 1.54) is 26.5 Å². The Morgan fingerprint density at radius 3 is 1.83 bits per heavy atom. The highest BCUT2D eigenvalue weighted by atomic mass is 32.1. The molecule has 0 aliphatic carbocycles. The maximum atomic E-state index is 6.85. The third-order valence-electron chi connectivity index (χ3n) is 13.9. The summed E-state index contributed by atoms with van der Waals surface area (Å²) < 4.78 is 17.8. The van der Waals surface area contributed by atoms with E-state index in [1.54, 1.807) is 11.3 Å². The summed E-state index contributed by atoms with van der Waals surface area (Å²) in [4.78, 5) is 15.5. The second-order valence-electron chi connectivity index (χ2n) is 17.9. The summed E-state index contributed by atoms with van der Waals surface area (Å²) in [7, 11) is 0. The van der Waals surface area contributed by atoms with Crippen LogP contribution in [0, 0.1) is 0 Å². The van der Waals surface area contributed by atoms with Gasteiger partial charge in [0.15, 0.2) is 17.5 Å². The standard InChI is InChI=1S/C63H36N4O2S/c1-3-14-37(15-4-1)61-64-62(40-28-31-44-43-19-8-10-26-54(43)68-56(44)36-40)66-63(65-61)49-24-13-27-57-58(49)48-23-12-22-47(60(48)70-57)45-20-11-21-46-51-35-39(30-33-55(51)69-59(45)46)38-29-32-53-50(34-38)42-18-7-9-25-52(42)67(53)41-16-5-2-6-17-41/h1-36H. The summed E-state index contributed by atoms with van der Waals surface area (Å²) in [5.74, 6) is 1.80. The van der Waals surface area contributed by atoms with Crippen LogP contribution in [0.15, 0.2) is 227 Å². The largest absolute Gasteiger partial charge is 0.456 e. The zero-order valence-electron chi connectivity index (χ0n) is 37.3. The molecule has 70 heavy (non-hydrogen) atoms. The van der Waals surface area contributed by atoms with Gasteiger partial charge in [0.25, 0.3) is 0 Å². The van der Waals surface area contributed by atoms with Gasteiger partial charge < -0.3 is 13.4 Å². The van der Waals surface area contributed by atoms with Crippen molar-refractivity contribution in [2.75, 3.05) is 0 Å². The number of benzene rings is 10. The van der Waals surface area contributed by atoms with Crippen LogP contribution in [0.4, 0.5) is 0 Å². The highest BCUT2D eigenvalue weighted by Gasteiger charge is 2.22. The maximum Gasteiger partial charge on any atom is 0.164 e. The van der Waals surface area contributed by atoms with Crippen molar-refractivity contribution in [3.63, 3.8) is 0 Å². The van der Waals surface area contributed by atoms with Crippen LogP contribution in [-0.2, 0) is 0 Å². The molecule has 0 unspecified atom stereocenters. The summed E-state index contributed by atoms with van der Waals surface area (Å²) in [6.07, 6.45) is 0. The maximum absolute atomic E-state index is 6.85. The second kappa shape index (κ2) is 15.2. The summed E-state index contributed by atoms with van der Waals surface area (Å²) in [6.45, 7) is 0. The average molecular weight is 913 g/mol. The third kappa shape index (κ3) is 5.95. The molecule has 0 amide bonds. The fourth-order valence-electron chi connectivity index (χ4n) is 10.7. The number of aromatic nitrogens is 4. The van der Waals surface area contributed by atoms with Gasteiger partial charge in [-0.3, -0.25) is 0 Å². The molecule has 0 saturated heterocycles. The second-order valence-corrected chi connectivity index (χ2v) is 18.9. The molecule has 6 nitrogen and oxygen atoms in total. The van der Waals surface area contributed by atoms with Gasteiger partial charge in [0.2, 0.25) is 0 Å². The van der Waals surface area contributed by atoms with Crippen LogP contribution in [0.5, 0.6) is 0 Å². The van der Waals surface area contributed by atoms with Crippen molar-refractivity contribution in [3.05, 3.63) is 218 Å². The average Bonchev–Trinajstić information content (AvgIpc) is 4.20. The van der Waals surface area contributed by atoms with Crippen molar-refractivity contribution < 1.29 is 8.83 Å². The molecule has 0 fully saturated rings. The van der Waals surface area contributed by atoms with Gasteiger partial charge in [-0.2, -0.15) is 0 Å². The molecule has 0 spiro atoms. The summed E-state index contributed by atoms with van der Waals surface area (Å²) >= 11 is 1.79. The predicted molar refractivity (Wildman–Crippen MR) is 289 cm³/mol. The van der Waals surface area contributed by atoms with Crippen molar-refractivity contribution >= 4 is 97.2 Å².